The highest BCUT2D eigenvalue weighted by Crippen LogP contribution is 2.42. The fourth-order valence-electron chi connectivity index (χ4n) is 3.94. The van der Waals surface area contributed by atoms with E-state index < -0.39 is 35.3 Å². The van der Waals surface area contributed by atoms with Crippen molar-refractivity contribution in [2.45, 2.75) is 12.2 Å². The molecule has 0 saturated carbocycles. The molecule has 4 aromatic rings. The van der Waals surface area contributed by atoms with Gasteiger partial charge in [-0.1, -0.05) is 0 Å². The standard InChI is InChI=1S/C21H14F5N5O2/c1-30(17-7-33-18-4-11(21(24,25)26)13(23)2-10(17)18)20(32)9-3-15-14(5-12(9)22)29-19(27)16-6-28-8-31(15)16/h2-6,8,17H,7H2,1H3,(H2,27,29)/t17-/m1/s1. The van der Waals surface area contributed by atoms with Crippen molar-refractivity contribution >= 4 is 28.3 Å². The van der Waals surface area contributed by atoms with Gasteiger partial charge < -0.3 is 15.4 Å². The molecule has 0 unspecified atom stereocenters. The van der Waals surface area contributed by atoms with Gasteiger partial charge in [0, 0.05) is 18.7 Å². The summed E-state index contributed by atoms with van der Waals surface area (Å²) in [6.45, 7) is -0.211. The van der Waals surface area contributed by atoms with Crippen molar-refractivity contribution in [1.82, 2.24) is 19.3 Å². The molecule has 0 radical (unpaired) electrons. The lowest BCUT2D eigenvalue weighted by molar-refractivity contribution is -0.140. The van der Waals surface area contributed by atoms with E-state index in [2.05, 4.69) is 9.97 Å². The highest BCUT2D eigenvalue weighted by atomic mass is 19.4. The minimum absolute atomic E-state index is 0.0592. The molecule has 2 aromatic heterocycles. The van der Waals surface area contributed by atoms with Crippen LogP contribution < -0.4 is 10.5 Å². The molecule has 5 rings (SSSR count). The number of carbonyl (C=O) groups excluding carboxylic acids is 1. The van der Waals surface area contributed by atoms with Crippen molar-refractivity contribution in [1.29, 1.82) is 0 Å². The summed E-state index contributed by atoms with van der Waals surface area (Å²) in [7, 11) is 1.33. The van der Waals surface area contributed by atoms with E-state index in [-0.39, 0.29) is 34.8 Å². The summed E-state index contributed by atoms with van der Waals surface area (Å²) < 4.78 is 74.8. The molecule has 12 heteroatoms. The fourth-order valence-corrected chi connectivity index (χ4v) is 3.94. The molecule has 2 aromatic carbocycles. The number of likely N-dealkylation sites (N-methyl/N-ethyl adjacent to an activating group) is 1. The molecule has 1 aliphatic rings. The number of halogens is 5. The molecular formula is C21H14F5N5O2. The molecule has 0 bridgehead atoms. The first-order valence-corrected chi connectivity index (χ1v) is 9.57. The van der Waals surface area contributed by atoms with Crippen LogP contribution >= 0.6 is 0 Å². The molecule has 3 heterocycles. The Labute approximate surface area is 182 Å². The molecule has 33 heavy (non-hydrogen) atoms. The molecule has 170 valence electrons. The van der Waals surface area contributed by atoms with Crippen molar-refractivity contribution in [3.63, 3.8) is 0 Å². The SMILES string of the molecule is CN(C(=O)c1cc2c(cc1F)nc(N)c1cncn12)[C@@H]1COc2cc(C(F)(F)F)c(F)cc21. The summed E-state index contributed by atoms with van der Waals surface area (Å²) in [5, 5.41) is 0. The van der Waals surface area contributed by atoms with Crippen LogP contribution in [0.25, 0.3) is 16.6 Å². The molecule has 0 aliphatic carbocycles. The average molecular weight is 463 g/mol. The van der Waals surface area contributed by atoms with Crippen molar-refractivity contribution in [2.24, 2.45) is 0 Å². The Hall–Kier alpha value is -3.96. The van der Waals surface area contributed by atoms with Crippen LogP contribution in [0, 0.1) is 11.6 Å². The first-order chi connectivity index (χ1) is 15.6. The van der Waals surface area contributed by atoms with E-state index in [4.69, 9.17) is 10.5 Å². The number of benzene rings is 2. The quantitative estimate of drug-likeness (QED) is 0.455. The number of rotatable bonds is 2. The maximum atomic E-state index is 14.8. The summed E-state index contributed by atoms with van der Waals surface area (Å²) >= 11 is 0. The van der Waals surface area contributed by atoms with Gasteiger partial charge in [-0.3, -0.25) is 9.20 Å². The second kappa shape index (κ2) is 7.02. The van der Waals surface area contributed by atoms with E-state index in [0.29, 0.717) is 23.2 Å². The van der Waals surface area contributed by atoms with Crippen LogP contribution in [0.1, 0.15) is 27.5 Å². The van der Waals surface area contributed by atoms with Gasteiger partial charge in [0.05, 0.1) is 40.7 Å². The van der Waals surface area contributed by atoms with E-state index in [0.717, 1.165) is 11.0 Å². The molecular weight excluding hydrogens is 449 g/mol. The van der Waals surface area contributed by atoms with Crippen molar-refractivity contribution in [3.8, 4) is 5.75 Å². The van der Waals surface area contributed by atoms with Crippen LogP contribution in [0.3, 0.4) is 0 Å². The van der Waals surface area contributed by atoms with Gasteiger partial charge in [0.1, 0.15) is 35.3 Å². The van der Waals surface area contributed by atoms with Crippen molar-refractivity contribution in [2.75, 3.05) is 19.4 Å². The van der Waals surface area contributed by atoms with Gasteiger partial charge in [0.25, 0.3) is 5.91 Å². The van der Waals surface area contributed by atoms with Gasteiger partial charge in [-0.25, -0.2) is 18.7 Å². The van der Waals surface area contributed by atoms with Gasteiger partial charge in [-0.15, -0.1) is 0 Å². The first-order valence-electron chi connectivity index (χ1n) is 9.57. The highest BCUT2D eigenvalue weighted by Gasteiger charge is 2.39. The Kier molecular flexibility index (Phi) is 4.45. The molecule has 0 spiro atoms. The lowest BCUT2D eigenvalue weighted by Gasteiger charge is -2.24. The van der Waals surface area contributed by atoms with Crippen LogP contribution in [0.4, 0.5) is 27.8 Å². The number of aromatic nitrogens is 3. The number of amides is 1. The average Bonchev–Trinajstić information content (AvgIpc) is 3.38. The summed E-state index contributed by atoms with van der Waals surface area (Å²) in [6.07, 6.45) is -1.99. The summed E-state index contributed by atoms with van der Waals surface area (Å²) in [5.41, 5.74) is 5.18. The zero-order valence-corrected chi connectivity index (χ0v) is 16.8. The fraction of sp³-hybridized carbons (Fsp3) is 0.190. The predicted molar refractivity (Wildman–Crippen MR) is 107 cm³/mol. The van der Waals surface area contributed by atoms with Crippen molar-refractivity contribution < 1.29 is 31.5 Å². The Balaban J connectivity index is 1.54. The summed E-state index contributed by atoms with van der Waals surface area (Å²) in [5.74, 6) is -3.19. The second-order valence-electron chi connectivity index (χ2n) is 7.58. The summed E-state index contributed by atoms with van der Waals surface area (Å²) in [6, 6.07) is 2.68. The molecule has 7 nitrogen and oxygen atoms in total. The lowest BCUT2D eigenvalue weighted by atomic mass is 10.0. The van der Waals surface area contributed by atoms with E-state index in [1.165, 1.54) is 25.6 Å². The van der Waals surface area contributed by atoms with Gasteiger partial charge in [0.15, 0.2) is 0 Å². The third kappa shape index (κ3) is 3.20. The number of hydrogen-bond donors (Lipinski definition) is 1. The second-order valence-corrected chi connectivity index (χ2v) is 7.58. The number of carbonyl (C=O) groups is 1. The van der Waals surface area contributed by atoms with E-state index >= 15 is 0 Å². The van der Waals surface area contributed by atoms with Crippen LogP contribution in [0.15, 0.2) is 36.8 Å². The summed E-state index contributed by atoms with van der Waals surface area (Å²) in [4.78, 5) is 22.4. The largest absolute Gasteiger partial charge is 0.491 e. The lowest BCUT2D eigenvalue weighted by Crippen LogP contribution is -2.32. The Morgan fingerprint density at radius 2 is 1.94 bits per heavy atom. The Morgan fingerprint density at radius 1 is 1.18 bits per heavy atom. The van der Waals surface area contributed by atoms with E-state index in [1.807, 2.05) is 0 Å². The number of fused-ring (bicyclic) bond motifs is 4. The predicted octanol–water partition coefficient (Wildman–Crippen LogP) is 3.97. The van der Waals surface area contributed by atoms with E-state index in [9.17, 15) is 26.7 Å². The minimum Gasteiger partial charge on any atom is -0.491 e. The number of anilines is 1. The maximum Gasteiger partial charge on any atom is 0.419 e. The third-order valence-corrected chi connectivity index (χ3v) is 5.64. The van der Waals surface area contributed by atoms with Gasteiger partial charge >= 0.3 is 6.18 Å². The number of hydrogen-bond acceptors (Lipinski definition) is 5. The minimum atomic E-state index is -4.90. The third-order valence-electron chi connectivity index (χ3n) is 5.64. The van der Waals surface area contributed by atoms with Crippen molar-refractivity contribution in [3.05, 3.63) is 65.1 Å². The number of nitrogens with zero attached hydrogens (tertiary/aromatic N) is 4. The highest BCUT2D eigenvalue weighted by molar-refractivity contribution is 5.98. The smallest absolute Gasteiger partial charge is 0.419 e. The van der Waals surface area contributed by atoms with Gasteiger partial charge in [-0.2, -0.15) is 13.2 Å². The molecule has 1 atom stereocenters. The number of imidazole rings is 1. The maximum absolute atomic E-state index is 14.8. The Morgan fingerprint density at radius 3 is 2.67 bits per heavy atom. The Bertz CT molecular complexity index is 1450. The molecule has 2 N–H and O–H groups in total. The van der Waals surface area contributed by atoms with Gasteiger partial charge in [-0.05, 0) is 18.2 Å². The van der Waals surface area contributed by atoms with Crippen LogP contribution in [0.5, 0.6) is 5.75 Å². The number of alkyl halides is 3. The van der Waals surface area contributed by atoms with Crippen LogP contribution in [-0.2, 0) is 6.18 Å². The molecule has 1 amide bonds. The molecule has 0 saturated heterocycles. The van der Waals surface area contributed by atoms with Gasteiger partial charge in [0.2, 0.25) is 0 Å². The number of ether oxygens (including phenoxy) is 1. The van der Waals surface area contributed by atoms with Crippen LogP contribution in [-0.4, -0.2) is 38.8 Å². The zero-order chi connectivity index (χ0) is 23.7. The molecule has 0 fully saturated rings. The first kappa shape index (κ1) is 20.9. The molecule has 1 aliphatic heterocycles. The normalized spacial score (nSPS) is 15.6. The zero-order valence-electron chi connectivity index (χ0n) is 16.8. The topological polar surface area (TPSA) is 85.8 Å². The van der Waals surface area contributed by atoms with Crippen LogP contribution in [0.2, 0.25) is 0 Å². The number of nitrogen functional groups attached to an aromatic ring is 1. The van der Waals surface area contributed by atoms with E-state index in [1.54, 1.807) is 4.40 Å². The number of nitrogens with two attached hydrogens (primary N) is 1. The monoisotopic (exact) mass is 463 g/mol.